The molecule has 1 aromatic carbocycles. The average molecular weight is 273 g/mol. The standard InChI is InChI=1S/C11H16NO3PS/c1-15-11(13)10(12-16(2,14)17)8-9-6-4-3-5-7-9/h3-7,10H,8H2,1-2H3,(H2,12,14,17). The molecule has 2 N–H and O–H groups in total. The minimum atomic E-state index is -2.64. The molecule has 0 fully saturated rings. The molecule has 2 unspecified atom stereocenters. The SMILES string of the molecule is COC(=O)C(Cc1ccccc1)NP(C)(O)=S. The highest BCUT2D eigenvalue weighted by atomic mass is 32.4. The van der Waals surface area contributed by atoms with E-state index in [1.165, 1.54) is 13.8 Å². The molecule has 0 saturated heterocycles. The molecule has 0 spiro atoms. The third-order valence-electron chi connectivity index (χ3n) is 2.16. The van der Waals surface area contributed by atoms with E-state index in [9.17, 15) is 9.69 Å². The van der Waals surface area contributed by atoms with Crippen molar-refractivity contribution in [3.8, 4) is 0 Å². The molecule has 94 valence electrons. The van der Waals surface area contributed by atoms with Gasteiger partial charge < -0.3 is 9.63 Å². The molecule has 0 amide bonds. The van der Waals surface area contributed by atoms with Crippen molar-refractivity contribution in [2.75, 3.05) is 13.8 Å². The third-order valence-corrected chi connectivity index (χ3v) is 3.27. The highest BCUT2D eigenvalue weighted by Crippen LogP contribution is 2.31. The van der Waals surface area contributed by atoms with Crippen molar-refractivity contribution < 1.29 is 14.4 Å². The second-order valence-corrected chi connectivity index (χ2v) is 7.92. The fourth-order valence-electron chi connectivity index (χ4n) is 1.46. The number of ether oxygens (including phenoxy) is 1. The number of carbonyl (C=O) groups is 1. The van der Waals surface area contributed by atoms with Gasteiger partial charge in [0.1, 0.15) is 12.5 Å². The van der Waals surface area contributed by atoms with Gasteiger partial charge in [-0.2, -0.15) is 0 Å². The number of esters is 1. The van der Waals surface area contributed by atoms with Gasteiger partial charge in [0, 0.05) is 6.66 Å². The Morgan fingerprint density at radius 1 is 1.53 bits per heavy atom. The van der Waals surface area contributed by atoms with Crippen LogP contribution >= 0.6 is 6.42 Å². The van der Waals surface area contributed by atoms with Gasteiger partial charge in [-0.3, -0.25) is 9.88 Å². The van der Waals surface area contributed by atoms with Crippen LogP contribution in [0.25, 0.3) is 0 Å². The van der Waals surface area contributed by atoms with E-state index in [1.54, 1.807) is 0 Å². The fraction of sp³-hybridized carbons (Fsp3) is 0.364. The zero-order valence-corrected chi connectivity index (χ0v) is 11.5. The van der Waals surface area contributed by atoms with Crippen LogP contribution in [0.3, 0.4) is 0 Å². The van der Waals surface area contributed by atoms with Crippen LogP contribution in [0.1, 0.15) is 5.56 Å². The zero-order chi connectivity index (χ0) is 12.9. The molecule has 0 heterocycles. The average Bonchev–Trinajstić information content (AvgIpc) is 2.27. The second-order valence-electron chi connectivity index (χ2n) is 3.77. The lowest BCUT2D eigenvalue weighted by atomic mass is 10.1. The van der Waals surface area contributed by atoms with E-state index in [4.69, 9.17) is 11.8 Å². The molecule has 0 radical (unpaired) electrons. The first-order chi connectivity index (χ1) is 7.92. The van der Waals surface area contributed by atoms with Crippen LogP contribution < -0.4 is 5.09 Å². The maximum Gasteiger partial charge on any atom is 0.323 e. The molecule has 0 aromatic heterocycles. The van der Waals surface area contributed by atoms with Crippen molar-refractivity contribution in [2.24, 2.45) is 0 Å². The largest absolute Gasteiger partial charge is 0.468 e. The highest BCUT2D eigenvalue weighted by molar-refractivity contribution is 8.10. The van der Waals surface area contributed by atoms with Crippen LogP contribution in [-0.4, -0.2) is 30.7 Å². The number of hydrogen-bond acceptors (Lipinski definition) is 3. The van der Waals surface area contributed by atoms with Crippen LogP contribution in [0.2, 0.25) is 0 Å². The Morgan fingerprint density at radius 2 is 2.12 bits per heavy atom. The molecular formula is C11H16NO3PS. The number of carbonyl (C=O) groups excluding carboxylic acids is 1. The fourth-order valence-corrected chi connectivity index (χ4v) is 2.62. The second kappa shape index (κ2) is 6.26. The van der Waals surface area contributed by atoms with Crippen LogP contribution in [0.15, 0.2) is 30.3 Å². The molecule has 4 nitrogen and oxygen atoms in total. The molecule has 0 bridgehead atoms. The summed E-state index contributed by atoms with van der Waals surface area (Å²) in [6.07, 6.45) is -2.20. The van der Waals surface area contributed by atoms with Gasteiger partial charge in [0.05, 0.1) is 7.11 Å². The van der Waals surface area contributed by atoms with Gasteiger partial charge in [0.25, 0.3) is 0 Å². The quantitative estimate of drug-likeness (QED) is 0.625. The molecule has 0 aliphatic heterocycles. The number of hydrogen-bond donors (Lipinski definition) is 2. The molecule has 6 heteroatoms. The Hall–Kier alpha value is -0.740. The summed E-state index contributed by atoms with van der Waals surface area (Å²) in [4.78, 5) is 21.2. The highest BCUT2D eigenvalue weighted by Gasteiger charge is 2.23. The van der Waals surface area contributed by atoms with Gasteiger partial charge in [0.15, 0.2) is 0 Å². The topological polar surface area (TPSA) is 58.6 Å². The first-order valence-electron chi connectivity index (χ1n) is 5.12. The lowest BCUT2D eigenvalue weighted by Gasteiger charge is -2.20. The minimum Gasteiger partial charge on any atom is -0.468 e. The van der Waals surface area contributed by atoms with Crippen LogP contribution in [0.4, 0.5) is 0 Å². The predicted octanol–water partition coefficient (Wildman–Crippen LogP) is 1.29. The molecule has 2 atom stereocenters. The number of nitrogens with one attached hydrogen (secondary N) is 1. The Kier molecular flexibility index (Phi) is 5.28. The van der Waals surface area contributed by atoms with E-state index in [-0.39, 0.29) is 0 Å². The summed E-state index contributed by atoms with van der Waals surface area (Å²) in [5, 5.41) is 2.76. The summed E-state index contributed by atoms with van der Waals surface area (Å²) in [6.45, 7) is 1.52. The van der Waals surface area contributed by atoms with Crippen molar-refractivity contribution >= 4 is 24.2 Å². The van der Waals surface area contributed by atoms with Gasteiger partial charge in [0.2, 0.25) is 0 Å². The van der Waals surface area contributed by atoms with Crippen molar-refractivity contribution in [3.63, 3.8) is 0 Å². The Bertz CT molecular complexity index is 418. The number of rotatable bonds is 5. The van der Waals surface area contributed by atoms with Crippen molar-refractivity contribution in [1.82, 2.24) is 5.09 Å². The first-order valence-corrected chi connectivity index (χ1v) is 8.32. The summed E-state index contributed by atoms with van der Waals surface area (Å²) in [5.41, 5.74) is 0.985. The smallest absolute Gasteiger partial charge is 0.323 e. The van der Waals surface area contributed by atoms with E-state index in [2.05, 4.69) is 9.82 Å². The zero-order valence-electron chi connectivity index (χ0n) is 9.79. The van der Waals surface area contributed by atoms with Crippen molar-refractivity contribution in [1.29, 1.82) is 0 Å². The summed E-state index contributed by atoms with van der Waals surface area (Å²) >= 11 is 4.89. The van der Waals surface area contributed by atoms with E-state index in [0.717, 1.165) is 5.56 Å². The van der Waals surface area contributed by atoms with Crippen LogP contribution in [0, 0.1) is 0 Å². The lowest BCUT2D eigenvalue weighted by Crippen LogP contribution is -2.37. The number of methoxy groups -OCH3 is 1. The van der Waals surface area contributed by atoms with Crippen LogP contribution in [-0.2, 0) is 27.8 Å². The predicted molar refractivity (Wildman–Crippen MR) is 71.5 cm³/mol. The van der Waals surface area contributed by atoms with Crippen molar-refractivity contribution in [3.05, 3.63) is 35.9 Å². The summed E-state index contributed by atoms with van der Waals surface area (Å²) in [6, 6.07) is 8.90. The summed E-state index contributed by atoms with van der Waals surface area (Å²) in [5.74, 6) is -0.418. The molecule has 1 aromatic rings. The van der Waals surface area contributed by atoms with E-state index < -0.39 is 18.4 Å². The van der Waals surface area contributed by atoms with E-state index in [1.807, 2.05) is 30.3 Å². The van der Waals surface area contributed by atoms with Crippen LogP contribution in [0.5, 0.6) is 0 Å². The number of benzene rings is 1. The third kappa shape index (κ3) is 5.41. The summed E-state index contributed by atoms with van der Waals surface area (Å²) in [7, 11) is 1.32. The van der Waals surface area contributed by atoms with Gasteiger partial charge in [-0.15, -0.1) is 0 Å². The Labute approximate surface area is 106 Å². The van der Waals surface area contributed by atoms with Gasteiger partial charge in [-0.1, -0.05) is 42.1 Å². The van der Waals surface area contributed by atoms with Gasteiger partial charge in [-0.25, -0.2) is 0 Å². The van der Waals surface area contributed by atoms with E-state index in [0.29, 0.717) is 6.42 Å². The van der Waals surface area contributed by atoms with E-state index >= 15 is 0 Å². The molecule has 0 aliphatic rings. The first kappa shape index (κ1) is 14.3. The lowest BCUT2D eigenvalue weighted by molar-refractivity contribution is -0.142. The Balaban J connectivity index is 2.78. The van der Waals surface area contributed by atoms with Gasteiger partial charge in [-0.05, 0) is 12.0 Å². The maximum absolute atomic E-state index is 11.6. The molecular weight excluding hydrogens is 257 g/mol. The molecule has 17 heavy (non-hydrogen) atoms. The summed E-state index contributed by atoms with van der Waals surface area (Å²) < 4.78 is 4.69. The van der Waals surface area contributed by atoms with Gasteiger partial charge >= 0.3 is 5.97 Å². The van der Waals surface area contributed by atoms with Crippen molar-refractivity contribution in [2.45, 2.75) is 12.5 Å². The maximum atomic E-state index is 11.6. The Morgan fingerprint density at radius 3 is 2.59 bits per heavy atom. The molecule has 0 saturated carbocycles. The normalized spacial score (nSPS) is 15.9. The monoisotopic (exact) mass is 273 g/mol. The minimum absolute atomic E-state index is 0.418. The molecule has 1 rings (SSSR count). The molecule has 0 aliphatic carbocycles.